The zero-order valence-electron chi connectivity index (χ0n) is 19.8. The van der Waals surface area contributed by atoms with Crippen molar-refractivity contribution in [2.45, 2.75) is 0 Å². The van der Waals surface area contributed by atoms with Gasteiger partial charge in [0.25, 0.3) is 0 Å². The summed E-state index contributed by atoms with van der Waals surface area (Å²) in [7, 11) is 0. The molecule has 2 aromatic carbocycles. The molecule has 2 aliphatic heterocycles. The van der Waals surface area contributed by atoms with Crippen LogP contribution in [0.2, 0.25) is 0 Å². The monoisotopic (exact) mass is 475 g/mol. The molecule has 6 heterocycles. The molecule has 8 bridgehead atoms. The van der Waals surface area contributed by atoms with Gasteiger partial charge in [0.2, 0.25) is 0 Å². The van der Waals surface area contributed by atoms with Crippen LogP contribution >= 0.6 is 0 Å². The van der Waals surface area contributed by atoms with Gasteiger partial charge in [0.1, 0.15) is 0 Å². The Hall–Kier alpha value is -5.16. The van der Waals surface area contributed by atoms with Crippen LogP contribution < -0.4 is 0 Å². The second-order valence-corrected chi connectivity index (χ2v) is 9.49. The lowest BCUT2D eigenvalue weighted by molar-refractivity contribution is 1.31. The average Bonchev–Trinajstić information content (AvgIpc) is 3.72. The topological polar surface area (TPSA) is 73.2 Å². The predicted octanol–water partition coefficient (Wildman–Crippen LogP) is 7.96. The zero-order chi connectivity index (χ0) is 24.3. The Kier molecular flexibility index (Phi) is 4.16. The van der Waals surface area contributed by atoms with Gasteiger partial charge in [0.15, 0.2) is 0 Å². The summed E-state index contributed by atoms with van der Waals surface area (Å²) < 4.78 is 0. The van der Waals surface area contributed by atoms with E-state index in [1.807, 2.05) is 18.2 Å². The van der Waals surface area contributed by atoms with Gasteiger partial charge in [-0.1, -0.05) is 36.4 Å². The average molecular weight is 476 g/mol. The minimum atomic E-state index is 0.906. The molecular formula is C32H21N5. The van der Waals surface area contributed by atoms with Crippen LogP contribution in [0.4, 0.5) is 0 Å². The Balaban J connectivity index is 1.45. The number of hydrogen-bond acceptors (Lipinski definition) is 2. The van der Waals surface area contributed by atoms with Crippen molar-refractivity contribution in [3.8, 4) is 11.1 Å². The zero-order valence-corrected chi connectivity index (χ0v) is 19.8. The van der Waals surface area contributed by atoms with Gasteiger partial charge in [-0.2, -0.15) is 0 Å². The van der Waals surface area contributed by atoms with E-state index in [0.29, 0.717) is 0 Å². The summed E-state index contributed by atoms with van der Waals surface area (Å²) in [6.07, 6.45) is 8.20. The molecule has 0 unspecified atom stereocenters. The van der Waals surface area contributed by atoms with E-state index in [2.05, 4.69) is 106 Å². The van der Waals surface area contributed by atoms with E-state index < -0.39 is 0 Å². The van der Waals surface area contributed by atoms with Gasteiger partial charge in [-0.05, 0) is 72.8 Å². The molecular weight excluding hydrogens is 454 g/mol. The lowest BCUT2D eigenvalue weighted by atomic mass is 10.0. The number of nitrogens with one attached hydrogen (secondary N) is 3. The van der Waals surface area contributed by atoms with Gasteiger partial charge in [0.05, 0.1) is 28.3 Å². The molecule has 3 N–H and O–H groups in total. The quantitative estimate of drug-likeness (QED) is 0.225. The summed E-state index contributed by atoms with van der Waals surface area (Å²) in [6, 6.07) is 29.6. The minimum absolute atomic E-state index is 0.906. The highest BCUT2D eigenvalue weighted by Crippen LogP contribution is 2.36. The standard InChI is InChI=1S/C32H21N5/c1-2-7-30-26(4-1)27-5-3-6-28(32(27)37-30)29-17-25-16-23-11-10-21(34-23)14-19-8-9-20(33-19)15-22-12-13-24(35-22)18-31(29)36-25/h1-18,33,36-37H. The summed E-state index contributed by atoms with van der Waals surface area (Å²) in [5.41, 5.74) is 12.2. The van der Waals surface area contributed by atoms with Crippen LogP contribution in [0.5, 0.6) is 0 Å². The molecule has 174 valence electrons. The molecule has 0 saturated heterocycles. The summed E-state index contributed by atoms with van der Waals surface area (Å²) in [5, 5.41) is 2.45. The lowest BCUT2D eigenvalue weighted by Crippen LogP contribution is -1.80. The Morgan fingerprint density at radius 2 is 1.08 bits per heavy atom. The van der Waals surface area contributed by atoms with Crippen molar-refractivity contribution >= 4 is 68.2 Å². The third kappa shape index (κ3) is 3.40. The first-order valence-electron chi connectivity index (χ1n) is 12.3. The molecule has 0 saturated carbocycles. The van der Waals surface area contributed by atoms with Crippen LogP contribution in [0.3, 0.4) is 0 Å². The molecule has 0 fully saturated rings. The van der Waals surface area contributed by atoms with Crippen molar-refractivity contribution < 1.29 is 0 Å². The maximum absolute atomic E-state index is 4.86. The fourth-order valence-electron chi connectivity index (χ4n) is 5.34. The Bertz CT molecular complexity index is 2100. The number of nitrogens with zero attached hydrogens (tertiary/aromatic N) is 2. The number of aromatic nitrogens is 5. The van der Waals surface area contributed by atoms with Crippen LogP contribution in [-0.4, -0.2) is 24.9 Å². The fourth-order valence-corrected chi connectivity index (χ4v) is 5.34. The third-order valence-electron chi connectivity index (χ3n) is 7.00. The fraction of sp³-hybridized carbons (Fsp3) is 0. The number of hydrogen-bond donors (Lipinski definition) is 3. The molecule has 4 aromatic heterocycles. The second-order valence-electron chi connectivity index (χ2n) is 9.49. The highest BCUT2D eigenvalue weighted by atomic mass is 14.8. The van der Waals surface area contributed by atoms with Gasteiger partial charge in [-0.3, -0.25) is 0 Å². The van der Waals surface area contributed by atoms with Gasteiger partial charge in [-0.25, -0.2) is 9.97 Å². The van der Waals surface area contributed by atoms with Gasteiger partial charge < -0.3 is 15.0 Å². The van der Waals surface area contributed by atoms with Gasteiger partial charge in [-0.15, -0.1) is 0 Å². The van der Waals surface area contributed by atoms with E-state index in [0.717, 1.165) is 67.0 Å². The summed E-state index contributed by atoms with van der Waals surface area (Å²) >= 11 is 0. The van der Waals surface area contributed by atoms with Crippen LogP contribution in [-0.2, 0) is 0 Å². The van der Waals surface area contributed by atoms with Crippen LogP contribution in [0.25, 0.3) is 79.3 Å². The first-order valence-corrected chi connectivity index (χ1v) is 12.3. The Labute approximate surface area is 211 Å². The van der Waals surface area contributed by atoms with E-state index in [-0.39, 0.29) is 0 Å². The molecule has 37 heavy (non-hydrogen) atoms. The van der Waals surface area contributed by atoms with Crippen molar-refractivity contribution in [1.82, 2.24) is 24.9 Å². The SMILES string of the molecule is C1=Cc2cc3cc(-c4cccc5c4[nH]c4ccccc45)c(cc4nc(cc5ccc(cc1n2)[nH]5)C=C4)[nH]3. The van der Waals surface area contributed by atoms with Gasteiger partial charge >= 0.3 is 0 Å². The van der Waals surface area contributed by atoms with E-state index in [4.69, 9.17) is 9.97 Å². The molecule has 5 nitrogen and oxygen atoms in total. The Morgan fingerprint density at radius 3 is 1.84 bits per heavy atom. The lowest BCUT2D eigenvalue weighted by Gasteiger charge is -2.02. The van der Waals surface area contributed by atoms with Crippen molar-refractivity contribution in [3.63, 3.8) is 0 Å². The molecule has 0 spiro atoms. The summed E-state index contributed by atoms with van der Waals surface area (Å²) in [4.78, 5) is 20.4. The van der Waals surface area contributed by atoms with E-state index in [1.165, 1.54) is 10.8 Å². The highest BCUT2D eigenvalue weighted by molar-refractivity contribution is 6.13. The first kappa shape index (κ1) is 20.1. The third-order valence-corrected chi connectivity index (χ3v) is 7.00. The molecule has 2 aliphatic rings. The molecule has 0 radical (unpaired) electrons. The van der Waals surface area contributed by atoms with E-state index >= 15 is 0 Å². The molecule has 8 rings (SSSR count). The van der Waals surface area contributed by atoms with E-state index in [1.54, 1.807) is 0 Å². The number of rotatable bonds is 1. The molecule has 0 amide bonds. The van der Waals surface area contributed by atoms with Crippen LogP contribution in [0.15, 0.2) is 84.9 Å². The van der Waals surface area contributed by atoms with Crippen molar-refractivity contribution in [1.29, 1.82) is 0 Å². The van der Waals surface area contributed by atoms with Crippen molar-refractivity contribution in [2.75, 3.05) is 0 Å². The predicted molar refractivity (Wildman–Crippen MR) is 154 cm³/mol. The summed E-state index contributed by atoms with van der Waals surface area (Å²) in [5.74, 6) is 0. The smallest absolute Gasteiger partial charge is 0.0658 e. The van der Waals surface area contributed by atoms with Gasteiger partial charge in [0, 0.05) is 49.5 Å². The van der Waals surface area contributed by atoms with Crippen LogP contribution in [0.1, 0.15) is 22.8 Å². The van der Waals surface area contributed by atoms with E-state index in [9.17, 15) is 0 Å². The molecule has 6 aromatic rings. The largest absolute Gasteiger partial charge is 0.355 e. The molecule has 5 heteroatoms. The molecule has 0 aliphatic carbocycles. The number of para-hydroxylation sites is 2. The normalized spacial score (nSPS) is 12.6. The number of fused-ring (bicyclic) bond motifs is 11. The highest BCUT2D eigenvalue weighted by Gasteiger charge is 2.13. The van der Waals surface area contributed by atoms with Crippen LogP contribution in [0, 0.1) is 0 Å². The maximum atomic E-state index is 4.86. The van der Waals surface area contributed by atoms with Crippen molar-refractivity contribution in [3.05, 3.63) is 108 Å². The maximum Gasteiger partial charge on any atom is 0.0658 e. The number of aromatic amines is 3. The number of benzene rings is 2. The minimum Gasteiger partial charge on any atom is -0.355 e. The summed E-state index contributed by atoms with van der Waals surface area (Å²) in [6.45, 7) is 0. The first-order chi connectivity index (χ1) is 18.2. The van der Waals surface area contributed by atoms with Crippen molar-refractivity contribution in [2.24, 2.45) is 0 Å². The second kappa shape index (κ2) is 7.67. The Morgan fingerprint density at radius 1 is 0.432 bits per heavy atom. The number of H-pyrrole nitrogens is 3. The molecule has 0 atom stereocenters.